The highest BCUT2D eigenvalue weighted by atomic mass is 16.4. The van der Waals surface area contributed by atoms with E-state index in [2.05, 4.69) is 5.10 Å². The maximum Gasteiger partial charge on any atom is 0.335 e. The maximum absolute atomic E-state index is 12.6. The van der Waals surface area contributed by atoms with E-state index in [0.717, 1.165) is 17.0 Å². The fourth-order valence-corrected chi connectivity index (χ4v) is 4.47. The van der Waals surface area contributed by atoms with Gasteiger partial charge in [-0.2, -0.15) is 10.1 Å². The Morgan fingerprint density at radius 1 is 1.04 bits per heavy atom. The van der Waals surface area contributed by atoms with Gasteiger partial charge in [0.2, 0.25) is 0 Å². The van der Waals surface area contributed by atoms with Gasteiger partial charge in [-0.15, -0.1) is 0 Å². The van der Waals surface area contributed by atoms with Gasteiger partial charge in [0.15, 0.2) is 0 Å². The van der Waals surface area contributed by atoms with Gasteiger partial charge in [0.05, 0.1) is 23.6 Å². The Bertz CT molecular complexity index is 1020. The van der Waals surface area contributed by atoms with E-state index in [0.29, 0.717) is 11.5 Å². The van der Waals surface area contributed by atoms with Crippen LogP contribution in [0.2, 0.25) is 0 Å². The third-order valence-electron chi connectivity index (χ3n) is 5.79. The number of hydrazone groups is 1. The fraction of sp³-hybridized carbons (Fsp3) is 0.238. The number of rotatable bonds is 4. The second-order valence-electron chi connectivity index (χ2n) is 7.32. The molecule has 0 spiro atoms. The Labute approximate surface area is 159 Å². The lowest BCUT2D eigenvalue weighted by atomic mass is 9.85. The molecule has 7 nitrogen and oxygen atoms in total. The summed E-state index contributed by atoms with van der Waals surface area (Å²) >= 11 is 0. The van der Waals surface area contributed by atoms with Crippen LogP contribution in [0, 0.1) is 23.7 Å². The van der Waals surface area contributed by atoms with Crippen LogP contribution >= 0.6 is 0 Å². The van der Waals surface area contributed by atoms with Gasteiger partial charge in [0, 0.05) is 5.56 Å². The lowest BCUT2D eigenvalue weighted by molar-refractivity contribution is -0.140. The summed E-state index contributed by atoms with van der Waals surface area (Å²) in [5, 5.41) is 14.0. The summed E-state index contributed by atoms with van der Waals surface area (Å²) in [4.78, 5) is 36.1. The minimum Gasteiger partial charge on any atom is -0.478 e. The zero-order valence-corrected chi connectivity index (χ0v) is 14.7. The van der Waals surface area contributed by atoms with Crippen LogP contribution < -0.4 is 0 Å². The summed E-state index contributed by atoms with van der Waals surface area (Å²) in [6.07, 6.45) is 6.32. The van der Waals surface area contributed by atoms with Gasteiger partial charge in [0.1, 0.15) is 11.5 Å². The predicted octanol–water partition coefficient (Wildman–Crippen LogP) is 2.79. The quantitative estimate of drug-likeness (QED) is 0.502. The van der Waals surface area contributed by atoms with Gasteiger partial charge in [-0.1, -0.05) is 24.3 Å². The molecule has 2 amide bonds. The van der Waals surface area contributed by atoms with Crippen LogP contribution in [-0.2, 0) is 9.59 Å². The van der Waals surface area contributed by atoms with Crippen LogP contribution in [0.3, 0.4) is 0 Å². The number of aromatic carboxylic acids is 1. The standard InChI is InChI=1S/C21H16N2O5/c24-19-17-13-5-6-14(9-13)18(17)20(25)23(19)22-10-15-7-8-16(28-15)11-1-3-12(4-2-11)21(26)27/h1-8,10,13-14,17-18H,9H2,(H,26,27)/b22-10-/t13-,14-,17-,18-/m0/s1. The minimum atomic E-state index is -0.993. The summed E-state index contributed by atoms with van der Waals surface area (Å²) in [7, 11) is 0. The molecular formula is C21H16N2O5. The second-order valence-corrected chi connectivity index (χ2v) is 7.32. The first kappa shape index (κ1) is 16.7. The van der Waals surface area contributed by atoms with E-state index in [1.54, 1.807) is 24.3 Å². The van der Waals surface area contributed by atoms with Crippen molar-refractivity contribution in [2.75, 3.05) is 0 Å². The predicted molar refractivity (Wildman–Crippen MR) is 98.3 cm³/mol. The molecule has 1 saturated heterocycles. The third-order valence-corrected chi connectivity index (χ3v) is 5.79. The molecular weight excluding hydrogens is 360 g/mol. The molecule has 1 aliphatic heterocycles. The Hall–Kier alpha value is -3.48. The zero-order chi connectivity index (χ0) is 19.4. The van der Waals surface area contributed by atoms with Crippen molar-refractivity contribution in [1.29, 1.82) is 0 Å². The molecule has 2 aromatic rings. The number of hydrogen-bond donors (Lipinski definition) is 1. The number of allylic oxidation sites excluding steroid dienone is 2. The molecule has 1 aromatic heterocycles. The Balaban J connectivity index is 1.33. The van der Waals surface area contributed by atoms with Gasteiger partial charge < -0.3 is 9.52 Å². The number of hydrogen-bond acceptors (Lipinski definition) is 5. The van der Waals surface area contributed by atoms with Gasteiger partial charge in [0.25, 0.3) is 11.8 Å². The zero-order valence-electron chi connectivity index (χ0n) is 14.7. The van der Waals surface area contributed by atoms with Gasteiger partial charge >= 0.3 is 5.97 Å². The molecule has 0 radical (unpaired) electrons. The summed E-state index contributed by atoms with van der Waals surface area (Å²) in [6.45, 7) is 0. The summed E-state index contributed by atoms with van der Waals surface area (Å²) < 4.78 is 5.69. The van der Waals surface area contributed by atoms with Crippen LogP contribution in [0.4, 0.5) is 0 Å². The first-order chi connectivity index (χ1) is 13.5. The van der Waals surface area contributed by atoms with Crippen molar-refractivity contribution in [2.45, 2.75) is 6.42 Å². The van der Waals surface area contributed by atoms with Crippen molar-refractivity contribution in [3.05, 3.63) is 59.9 Å². The molecule has 1 aromatic carbocycles. The molecule has 28 heavy (non-hydrogen) atoms. The van der Waals surface area contributed by atoms with Crippen LogP contribution in [0.5, 0.6) is 0 Å². The average molecular weight is 376 g/mol. The molecule has 1 saturated carbocycles. The molecule has 140 valence electrons. The van der Waals surface area contributed by atoms with Gasteiger partial charge in [-0.3, -0.25) is 9.59 Å². The third kappa shape index (κ3) is 2.43. The van der Waals surface area contributed by atoms with Crippen LogP contribution in [0.1, 0.15) is 22.5 Å². The largest absolute Gasteiger partial charge is 0.478 e. The van der Waals surface area contributed by atoms with E-state index in [-0.39, 0.29) is 41.0 Å². The lowest BCUT2D eigenvalue weighted by Crippen LogP contribution is -2.28. The van der Waals surface area contributed by atoms with Crippen molar-refractivity contribution in [3.8, 4) is 11.3 Å². The Kier molecular flexibility index (Phi) is 3.58. The van der Waals surface area contributed by atoms with Crippen molar-refractivity contribution in [3.63, 3.8) is 0 Å². The van der Waals surface area contributed by atoms with Crippen molar-refractivity contribution < 1.29 is 23.9 Å². The molecule has 2 bridgehead atoms. The maximum atomic E-state index is 12.6. The van der Waals surface area contributed by atoms with E-state index < -0.39 is 5.97 Å². The fourth-order valence-electron chi connectivity index (χ4n) is 4.47. The number of fused-ring (bicyclic) bond motifs is 5. The number of furan rings is 1. The van der Waals surface area contributed by atoms with E-state index in [1.165, 1.54) is 18.3 Å². The first-order valence-corrected chi connectivity index (χ1v) is 9.06. The Morgan fingerprint density at radius 2 is 1.68 bits per heavy atom. The molecule has 4 atom stereocenters. The summed E-state index contributed by atoms with van der Waals surface area (Å²) in [5.74, 6) is -0.788. The number of nitrogens with zero attached hydrogens (tertiary/aromatic N) is 2. The molecule has 2 aliphatic carbocycles. The molecule has 5 rings (SSSR count). The van der Waals surface area contributed by atoms with Crippen molar-refractivity contribution in [1.82, 2.24) is 5.01 Å². The van der Waals surface area contributed by atoms with Crippen molar-refractivity contribution >= 4 is 24.0 Å². The first-order valence-electron chi connectivity index (χ1n) is 9.06. The van der Waals surface area contributed by atoms with Gasteiger partial charge in [-0.25, -0.2) is 4.79 Å². The summed E-state index contributed by atoms with van der Waals surface area (Å²) in [6, 6.07) is 9.71. The van der Waals surface area contributed by atoms with Crippen LogP contribution in [0.25, 0.3) is 11.3 Å². The number of carboxylic acid groups (broad SMARTS) is 1. The summed E-state index contributed by atoms with van der Waals surface area (Å²) in [5.41, 5.74) is 0.910. The normalized spacial score (nSPS) is 27.9. The number of carboxylic acids is 1. The highest BCUT2D eigenvalue weighted by molar-refractivity contribution is 6.06. The van der Waals surface area contributed by atoms with Crippen molar-refractivity contribution in [2.24, 2.45) is 28.8 Å². The Morgan fingerprint density at radius 3 is 2.29 bits per heavy atom. The molecule has 2 heterocycles. The molecule has 2 fully saturated rings. The minimum absolute atomic E-state index is 0.149. The van der Waals surface area contributed by atoms with Crippen LogP contribution in [0.15, 0.2) is 58.1 Å². The van der Waals surface area contributed by atoms with E-state index in [9.17, 15) is 14.4 Å². The van der Waals surface area contributed by atoms with E-state index in [4.69, 9.17) is 9.52 Å². The number of amides is 2. The van der Waals surface area contributed by atoms with E-state index in [1.807, 2.05) is 12.2 Å². The smallest absolute Gasteiger partial charge is 0.335 e. The topological polar surface area (TPSA) is 100 Å². The number of imide groups is 1. The molecule has 3 aliphatic rings. The second kappa shape index (κ2) is 6.02. The number of carbonyl (C=O) groups excluding carboxylic acids is 2. The average Bonchev–Trinajstić information content (AvgIpc) is 3.46. The molecule has 1 N–H and O–H groups in total. The SMILES string of the molecule is O=C(O)c1ccc(-c2ccc(/C=N\N3C(=O)[C@@H]4[C@@H](C3=O)[C@H]3C=C[C@H]4C3)o2)cc1. The van der Waals surface area contributed by atoms with Gasteiger partial charge in [-0.05, 0) is 42.5 Å². The van der Waals surface area contributed by atoms with Crippen LogP contribution in [-0.4, -0.2) is 34.1 Å². The molecule has 7 heteroatoms. The van der Waals surface area contributed by atoms with E-state index >= 15 is 0 Å². The number of benzene rings is 1. The number of carbonyl (C=O) groups is 3. The highest BCUT2D eigenvalue weighted by Gasteiger charge is 2.59. The lowest BCUT2D eigenvalue weighted by Gasteiger charge is -2.13. The highest BCUT2D eigenvalue weighted by Crippen LogP contribution is 2.52. The molecule has 0 unspecified atom stereocenters. The monoisotopic (exact) mass is 376 g/mol.